The molecule has 2 aromatic carbocycles. The van der Waals surface area contributed by atoms with Crippen molar-refractivity contribution in [2.45, 2.75) is 23.9 Å². The average molecular weight is 497 g/mol. The number of thioether (sulfide) groups is 1. The predicted molar refractivity (Wildman–Crippen MR) is 123 cm³/mol. The molecule has 4 rings (SSSR count). The summed E-state index contributed by atoms with van der Waals surface area (Å²) >= 11 is 1.61. The van der Waals surface area contributed by atoms with E-state index < -0.39 is 26.6 Å². The minimum atomic E-state index is -4.46. The molecule has 0 bridgehead atoms. The van der Waals surface area contributed by atoms with Gasteiger partial charge in [-0.25, -0.2) is 8.42 Å². The van der Waals surface area contributed by atoms with E-state index in [-0.39, 0.29) is 24.6 Å². The normalized spacial score (nSPS) is 19.4. The second-order valence-corrected chi connectivity index (χ2v) is 11.3. The van der Waals surface area contributed by atoms with Gasteiger partial charge in [0.15, 0.2) is 0 Å². The molecular formula is C23H23F3N2O3S2. The second kappa shape index (κ2) is 9.15. The van der Waals surface area contributed by atoms with Crippen LogP contribution in [0, 0.1) is 0 Å². The molecule has 33 heavy (non-hydrogen) atoms. The molecule has 0 N–H and O–H groups in total. The van der Waals surface area contributed by atoms with Gasteiger partial charge in [-0.1, -0.05) is 30.3 Å². The number of alkyl halides is 3. The molecule has 2 fully saturated rings. The van der Waals surface area contributed by atoms with E-state index >= 15 is 0 Å². The van der Waals surface area contributed by atoms with Crippen LogP contribution in [0.15, 0.2) is 60.0 Å². The molecule has 1 spiro atoms. The lowest BCUT2D eigenvalue weighted by atomic mass is 10.0. The number of carbonyl (C=O) groups is 1. The highest BCUT2D eigenvalue weighted by molar-refractivity contribution is 8.00. The molecule has 0 radical (unpaired) electrons. The van der Waals surface area contributed by atoms with Crippen molar-refractivity contribution in [2.75, 3.05) is 25.4 Å². The van der Waals surface area contributed by atoms with Crippen molar-refractivity contribution in [3.63, 3.8) is 0 Å². The summed E-state index contributed by atoms with van der Waals surface area (Å²) in [5, 5.41) is 1.20. The van der Waals surface area contributed by atoms with Crippen LogP contribution in [0.1, 0.15) is 34.3 Å². The van der Waals surface area contributed by atoms with Crippen molar-refractivity contribution in [3.8, 4) is 0 Å². The van der Waals surface area contributed by atoms with E-state index in [1.807, 2.05) is 30.3 Å². The van der Waals surface area contributed by atoms with Crippen LogP contribution in [0.25, 0.3) is 6.08 Å². The maximum atomic E-state index is 13.1. The third-order valence-corrected chi connectivity index (χ3v) is 9.10. The van der Waals surface area contributed by atoms with Gasteiger partial charge in [0.05, 0.1) is 10.4 Å². The van der Waals surface area contributed by atoms with Crippen LogP contribution < -0.4 is 0 Å². The number of carbonyl (C=O) groups excluding carboxylic acids is 1. The number of sulfonamides is 1. The summed E-state index contributed by atoms with van der Waals surface area (Å²) in [6.45, 7) is 1.02. The van der Waals surface area contributed by atoms with E-state index in [0.717, 1.165) is 17.7 Å². The van der Waals surface area contributed by atoms with Crippen molar-refractivity contribution >= 4 is 33.8 Å². The number of rotatable bonds is 4. The van der Waals surface area contributed by atoms with Crippen LogP contribution in [0.3, 0.4) is 0 Å². The zero-order valence-electron chi connectivity index (χ0n) is 17.7. The quantitative estimate of drug-likeness (QED) is 0.617. The summed E-state index contributed by atoms with van der Waals surface area (Å²) in [5.41, 5.74) is 0.187. The molecule has 5 nitrogen and oxygen atoms in total. The third-order valence-electron chi connectivity index (χ3n) is 5.98. The summed E-state index contributed by atoms with van der Waals surface area (Å²) in [7, 11) is -3.60. The Balaban J connectivity index is 1.44. The molecule has 0 aromatic heterocycles. The number of benzene rings is 2. The van der Waals surface area contributed by atoms with Gasteiger partial charge in [-0.3, -0.25) is 4.79 Å². The lowest BCUT2D eigenvalue weighted by Crippen LogP contribution is -2.53. The fourth-order valence-electron chi connectivity index (χ4n) is 4.17. The fourth-order valence-corrected chi connectivity index (χ4v) is 6.82. The van der Waals surface area contributed by atoms with Crippen LogP contribution in [0.5, 0.6) is 0 Å². The summed E-state index contributed by atoms with van der Waals surface area (Å²) in [4.78, 5) is 14.3. The Morgan fingerprint density at radius 1 is 0.970 bits per heavy atom. The third kappa shape index (κ3) is 5.12. The zero-order valence-corrected chi connectivity index (χ0v) is 19.3. The Morgan fingerprint density at radius 2 is 1.61 bits per heavy atom. The minimum Gasteiger partial charge on any atom is -0.323 e. The van der Waals surface area contributed by atoms with Gasteiger partial charge >= 0.3 is 6.18 Å². The summed E-state index contributed by atoms with van der Waals surface area (Å²) in [6.07, 6.45) is -1.98. The van der Waals surface area contributed by atoms with Crippen molar-refractivity contribution in [1.82, 2.24) is 9.21 Å². The topological polar surface area (TPSA) is 57.7 Å². The summed E-state index contributed by atoms with van der Waals surface area (Å²) in [6, 6.07) is 13.4. The first-order valence-corrected chi connectivity index (χ1v) is 13.0. The van der Waals surface area contributed by atoms with Crippen LogP contribution in [-0.2, 0) is 16.2 Å². The van der Waals surface area contributed by atoms with E-state index in [0.29, 0.717) is 25.1 Å². The van der Waals surface area contributed by atoms with Gasteiger partial charge in [0.25, 0.3) is 5.91 Å². The standard InChI is InChI=1S/C23H23F3N2O3S2/c24-23(25,26)20-8-6-19(7-9-20)21(29)28-15-16-32-22(28)11-13-27(14-12-22)33(30,31)17-10-18-4-2-1-3-5-18/h1-10,17H,11-16H2/b17-10+. The van der Waals surface area contributed by atoms with Crippen molar-refractivity contribution in [2.24, 2.45) is 0 Å². The van der Waals surface area contributed by atoms with Crippen LogP contribution in [0.2, 0.25) is 0 Å². The zero-order chi connectivity index (χ0) is 23.7. The van der Waals surface area contributed by atoms with Crippen LogP contribution in [-0.4, -0.2) is 53.8 Å². The Labute approximate surface area is 195 Å². The van der Waals surface area contributed by atoms with Gasteiger partial charge in [0.1, 0.15) is 0 Å². The summed E-state index contributed by atoms with van der Waals surface area (Å²) < 4.78 is 65.5. The number of halogens is 3. The molecule has 2 aliphatic rings. The Kier molecular flexibility index (Phi) is 6.61. The SMILES string of the molecule is O=C(c1ccc(C(F)(F)F)cc1)N1CCSC12CCN(S(=O)(=O)/C=C/c1ccccc1)CC2. The molecule has 2 saturated heterocycles. The first-order chi connectivity index (χ1) is 15.6. The van der Waals surface area contributed by atoms with Gasteiger partial charge in [-0.2, -0.15) is 17.5 Å². The van der Waals surface area contributed by atoms with Crippen molar-refractivity contribution < 1.29 is 26.4 Å². The molecule has 10 heteroatoms. The van der Waals surface area contributed by atoms with E-state index in [1.165, 1.54) is 21.8 Å². The molecule has 0 saturated carbocycles. The molecular weight excluding hydrogens is 473 g/mol. The Hall–Kier alpha value is -2.30. The monoisotopic (exact) mass is 496 g/mol. The molecule has 2 aliphatic heterocycles. The van der Waals surface area contributed by atoms with Gasteiger partial charge in [0.2, 0.25) is 10.0 Å². The van der Waals surface area contributed by atoms with Gasteiger partial charge in [0, 0.05) is 36.4 Å². The van der Waals surface area contributed by atoms with Crippen molar-refractivity contribution in [3.05, 3.63) is 76.7 Å². The van der Waals surface area contributed by atoms with Crippen LogP contribution >= 0.6 is 11.8 Å². The number of nitrogens with zero attached hydrogens (tertiary/aromatic N) is 2. The number of amides is 1. The average Bonchev–Trinajstić information content (AvgIpc) is 3.20. The maximum absolute atomic E-state index is 13.1. The van der Waals surface area contributed by atoms with E-state index in [9.17, 15) is 26.4 Å². The molecule has 0 unspecified atom stereocenters. The van der Waals surface area contributed by atoms with Gasteiger partial charge in [-0.15, -0.1) is 11.8 Å². The minimum absolute atomic E-state index is 0.200. The second-order valence-electron chi connectivity index (χ2n) is 7.98. The summed E-state index contributed by atoms with van der Waals surface area (Å²) in [5.74, 6) is 0.376. The number of hydrogen-bond donors (Lipinski definition) is 0. The number of hydrogen-bond acceptors (Lipinski definition) is 4. The van der Waals surface area contributed by atoms with Gasteiger partial charge in [-0.05, 0) is 48.7 Å². The predicted octanol–water partition coefficient (Wildman–Crippen LogP) is 4.69. The van der Waals surface area contributed by atoms with Gasteiger partial charge < -0.3 is 4.90 Å². The van der Waals surface area contributed by atoms with Crippen LogP contribution in [0.4, 0.5) is 13.2 Å². The largest absolute Gasteiger partial charge is 0.416 e. The van der Waals surface area contributed by atoms with E-state index in [1.54, 1.807) is 22.7 Å². The Bertz CT molecular complexity index is 1130. The smallest absolute Gasteiger partial charge is 0.323 e. The first kappa shape index (κ1) is 23.8. The molecule has 2 heterocycles. The Morgan fingerprint density at radius 3 is 2.21 bits per heavy atom. The van der Waals surface area contributed by atoms with E-state index in [2.05, 4.69) is 0 Å². The fraction of sp³-hybridized carbons (Fsp3) is 0.348. The first-order valence-electron chi connectivity index (χ1n) is 10.5. The maximum Gasteiger partial charge on any atom is 0.416 e. The molecule has 1 amide bonds. The highest BCUT2D eigenvalue weighted by Crippen LogP contribution is 2.45. The molecule has 176 valence electrons. The van der Waals surface area contributed by atoms with E-state index in [4.69, 9.17) is 0 Å². The molecule has 0 atom stereocenters. The highest BCUT2D eigenvalue weighted by atomic mass is 32.2. The lowest BCUT2D eigenvalue weighted by molar-refractivity contribution is -0.137. The molecule has 0 aliphatic carbocycles. The molecule has 2 aromatic rings. The lowest BCUT2D eigenvalue weighted by Gasteiger charge is -2.43. The highest BCUT2D eigenvalue weighted by Gasteiger charge is 2.47. The van der Waals surface area contributed by atoms with Crippen molar-refractivity contribution in [1.29, 1.82) is 0 Å². The number of piperidine rings is 1.